The maximum atomic E-state index is 12.9. The summed E-state index contributed by atoms with van der Waals surface area (Å²) in [4.78, 5) is 14.5. The molecule has 0 radical (unpaired) electrons. The van der Waals surface area contributed by atoms with Crippen molar-refractivity contribution in [2.24, 2.45) is 5.92 Å². The number of ether oxygens (including phenoxy) is 1. The summed E-state index contributed by atoms with van der Waals surface area (Å²) in [5.74, 6) is 1.08. The Balaban J connectivity index is 1.51. The van der Waals surface area contributed by atoms with E-state index in [1.54, 1.807) is 15.7 Å². The van der Waals surface area contributed by atoms with Gasteiger partial charge in [-0.1, -0.05) is 13.0 Å². The lowest BCUT2D eigenvalue weighted by Gasteiger charge is -2.38. The van der Waals surface area contributed by atoms with E-state index in [2.05, 4.69) is 12.2 Å². The van der Waals surface area contributed by atoms with Gasteiger partial charge in [0, 0.05) is 39.3 Å². The minimum absolute atomic E-state index is 0.129. The van der Waals surface area contributed by atoms with E-state index in [4.69, 9.17) is 4.74 Å². The molecule has 0 saturated carbocycles. The molecule has 2 aliphatic heterocycles. The number of amides is 1. The second-order valence-corrected chi connectivity index (χ2v) is 9.94. The summed E-state index contributed by atoms with van der Waals surface area (Å²) in [6, 6.07) is 5.63. The minimum atomic E-state index is -3.40. The van der Waals surface area contributed by atoms with Crippen LogP contribution in [0.2, 0.25) is 0 Å². The number of anilines is 1. The molecular weight excluding hydrogens is 392 g/mol. The Labute approximate surface area is 174 Å². The molecule has 1 amide bonds. The molecule has 0 aromatic heterocycles. The average molecular weight is 425 g/mol. The zero-order chi connectivity index (χ0) is 21.0. The Morgan fingerprint density at radius 3 is 2.34 bits per heavy atom. The van der Waals surface area contributed by atoms with Gasteiger partial charge in [-0.3, -0.25) is 9.69 Å². The molecular formula is C20H32N4O4S. The molecule has 0 unspecified atom stereocenters. The summed E-state index contributed by atoms with van der Waals surface area (Å²) in [7, 11) is -1.83. The molecule has 2 aliphatic rings. The Hall–Kier alpha value is -1.68. The van der Waals surface area contributed by atoms with Gasteiger partial charge >= 0.3 is 0 Å². The maximum absolute atomic E-state index is 12.9. The number of piperazine rings is 1. The Bertz CT molecular complexity index is 814. The van der Waals surface area contributed by atoms with E-state index in [1.807, 2.05) is 30.0 Å². The lowest BCUT2D eigenvalue weighted by atomic mass is 10.0. The summed E-state index contributed by atoms with van der Waals surface area (Å²) >= 11 is 0. The van der Waals surface area contributed by atoms with Gasteiger partial charge < -0.3 is 10.1 Å². The number of benzene rings is 1. The number of methoxy groups -OCH3 is 1. The van der Waals surface area contributed by atoms with E-state index in [9.17, 15) is 13.2 Å². The number of carbonyl (C=O) groups is 1. The van der Waals surface area contributed by atoms with Crippen molar-refractivity contribution in [2.75, 3.05) is 58.2 Å². The van der Waals surface area contributed by atoms with Crippen LogP contribution in [0.25, 0.3) is 0 Å². The van der Waals surface area contributed by atoms with Crippen LogP contribution in [-0.4, -0.2) is 80.8 Å². The largest absolute Gasteiger partial charge is 0.495 e. The molecule has 0 atom stereocenters. The Kier molecular flexibility index (Phi) is 7.15. The molecule has 2 fully saturated rings. The fraction of sp³-hybridized carbons (Fsp3) is 0.650. The van der Waals surface area contributed by atoms with Gasteiger partial charge in [-0.25, -0.2) is 0 Å². The number of aryl methyl sites for hydroxylation is 1. The first-order valence-corrected chi connectivity index (χ1v) is 11.6. The highest BCUT2D eigenvalue weighted by atomic mass is 32.2. The first-order valence-electron chi connectivity index (χ1n) is 10.2. The lowest BCUT2D eigenvalue weighted by molar-refractivity contribution is -0.117. The molecule has 2 heterocycles. The molecule has 9 heteroatoms. The molecule has 1 N–H and O–H groups in total. The van der Waals surface area contributed by atoms with Crippen molar-refractivity contribution >= 4 is 21.8 Å². The van der Waals surface area contributed by atoms with E-state index in [0.717, 1.165) is 18.4 Å². The van der Waals surface area contributed by atoms with Gasteiger partial charge in [0.05, 0.1) is 19.3 Å². The average Bonchev–Trinajstić information content (AvgIpc) is 2.69. The van der Waals surface area contributed by atoms with Crippen LogP contribution in [0.5, 0.6) is 5.75 Å². The van der Waals surface area contributed by atoms with Crippen LogP contribution in [0.3, 0.4) is 0 Å². The molecule has 29 heavy (non-hydrogen) atoms. The molecule has 0 spiro atoms. The third-order valence-electron chi connectivity index (χ3n) is 5.72. The summed E-state index contributed by atoms with van der Waals surface area (Å²) in [6.45, 7) is 7.47. The smallest absolute Gasteiger partial charge is 0.282 e. The minimum Gasteiger partial charge on any atom is -0.495 e. The predicted octanol–water partition coefficient (Wildman–Crippen LogP) is 1.54. The number of hydrogen-bond donors (Lipinski definition) is 1. The fourth-order valence-electron chi connectivity index (χ4n) is 3.81. The van der Waals surface area contributed by atoms with Gasteiger partial charge in [0.15, 0.2) is 0 Å². The quantitative estimate of drug-likeness (QED) is 0.749. The van der Waals surface area contributed by atoms with Crippen LogP contribution in [0.1, 0.15) is 25.3 Å². The van der Waals surface area contributed by atoms with Crippen molar-refractivity contribution in [2.45, 2.75) is 26.7 Å². The Morgan fingerprint density at radius 2 is 1.72 bits per heavy atom. The number of nitrogens with one attached hydrogen (secondary N) is 1. The number of piperidine rings is 1. The predicted molar refractivity (Wildman–Crippen MR) is 113 cm³/mol. The molecule has 1 aromatic rings. The highest BCUT2D eigenvalue weighted by Gasteiger charge is 2.34. The summed E-state index contributed by atoms with van der Waals surface area (Å²) in [5, 5.41) is 2.90. The monoisotopic (exact) mass is 424 g/mol. The second-order valence-electron chi connectivity index (χ2n) is 8.02. The van der Waals surface area contributed by atoms with Crippen LogP contribution in [0.4, 0.5) is 5.69 Å². The zero-order valence-corrected chi connectivity index (χ0v) is 18.4. The standard InChI is InChI=1S/C20H32N4O4S/c1-16-6-8-23(9-7-16)29(26,27)24-12-10-22(11-13-24)15-20(25)21-18-14-17(2)4-5-19(18)28-3/h4-5,14,16H,6-13,15H2,1-3H3,(H,21,25). The highest BCUT2D eigenvalue weighted by Crippen LogP contribution is 2.25. The fourth-order valence-corrected chi connectivity index (χ4v) is 5.43. The van der Waals surface area contributed by atoms with Gasteiger partial charge in [-0.15, -0.1) is 0 Å². The number of rotatable bonds is 6. The van der Waals surface area contributed by atoms with Crippen molar-refractivity contribution in [3.05, 3.63) is 23.8 Å². The van der Waals surface area contributed by atoms with Gasteiger partial charge in [-0.2, -0.15) is 17.0 Å². The van der Waals surface area contributed by atoms with Crippen molar-refractivity contribution in [3.8, 4) is 5.75 Å². The second kappa shape index (κ2) is 9.42. The van der Waals surface area contributed by atoms with Crippen LogP contribution in [0, 0.1) is 12.8 Å². The van der Waals surface area contributed by atoms with E-state index >= 15 is 0 Å². The van der Waals surface area contributed by atoms with E-state index in [0.29, 0.717) is 56.6 Å². The van der Waals surface area contributed by atoms with Crippen molar-refractivity contribution in [1.82, 2.24) is 13.5 Å². The van der Waals surface area contributed by atoms with Crippen LogP contribution < -0.4 is 10.1 Å². The van der Waals surface area contributed by atoms with E-state index in [1.165, 1.54) is 0 Å². The van der Waals surface area contributed by atoms with E-state index < -0.39 is 10.2 Å². The molecule has 0 bridgehead atoms. The van der Waals surface area contributed by atoms with Crippen molar-refractivity contribution < 1.29 is 17.9 Å². The highest BCUT2D eigenvalue weighted by molar-refractivity contribution is 7.86. The number of nitrogens with zero attached hydrogens (tertiary/aromatic N) is 3. The maximum Gasteiger partial charge on any atom is 0.282 e. The third kappa shape index (κ3) is 5.48. The Morgan fingerprint density at radius 1 is 1.10 bits per heavy atom. The van der Waals surface area contributed by atoms with Gasteiger partial charge in [0.1, 0.15) is 5.75 Å². The lowest BCUT2D eigenvalue weighted by Crippen LogP contribution is -2.55. The van der Waals surface area contributed by atoms with Gasteiger partial charge in [-0.05, 0) is 43.4 Å². The number of carbonyl (C=O) groups excluding carboxylic acids is 1. The van der Waals surface area contributed by atoms with Crippen LogP contribution in [0.15, 0.2) is 18.2 Å². The summed E-state index contributed by atoms with van der Waals surface area (Å²) in [5.41, 5.74) is 1.69. The zero-order valence-electron chi connectivity index (χ0n) is 17.6. The van der Waals surface area contributed by atoms with Crippen molar-refractivity contribution in [3.63, 3.8) is 0 Å². The molecule has 8 nitrogen and oxygen atoms in total. The topological polar surface area (TPSA) is 82.2 Å². The normalized spacial score (nSPS) is 20.5. The van der Waals surface area contributed by atoms with Crippen molar-refractivity contribution in [1.29, 1.82) is 0 Å². The van der Waals surface area contributed by atoms with Gasteiger partial charge in [0.2, 0.25) is 5.91 Å². The molecule has 3 rings (SSSR count). The van der Waals surface area contributed by atoms with Gasteiger partial charge in [0.25, 0.3) is 10.2 Å². The third-order valence-corrected chi connectivity index (χ3v) is 7.76. The first kappa shape index (κ1) is 22.0. The number of hydrogen-bond acceptors (Lipinski definition) is 5. The summed E-state index contributed by atoms with van der Waals surface area (Å²) in [6.07, 6.45) is 1.84. The van der Waals surface area contributed by atoms with Crippen LogP contribution in [-0.2, 0) is 15.0 Å². The SMILES string of the molecule is COc1ccc(C)cc1NC(=O)CN1CCN(S(=O)(=O)N2CCC(C)CC2)CC1. The van der Waals surface area contributed by atoms with E-state index in [-0.39, 0.29) is 12.5 Å². The molecule has 0 aliphatic carbocycles. The molecule has 1 aromatic carbocycles. The van der Waals surface area contributed by atoms with Crippen LogP contribution >= 0.6 is 0 Å². The molecule has 162 valence electrons. The summed E-state index contributed by atoms with van der Waals surface area (Å²) < 4.78 is 34.2. The molecule has 2 saturated heterocycles. The first-order chi connectivity index (χ1) is 13.8.